The van der Waals surface area contributed by atoms with Crippen molar-refractivity contribution >= 4 is 40.4 Å². The molecule has 2 saturated carbocycles. The summed E-state index contributed by atoms with van der Waals surface area (Å²) in [6.45, 7) is 43.3. The molecule has 86 heavy (non-hydrogen) atoms. The number of hydrogen-bond donors (Lipinski definition) is 1. The third-order valence-corrected chi connectivity index (χ3v) is 19.0. The lowest BCUT2D eigenvalue weighted by molar-refractivity contribution is -0.119. The van der Waals surface area contributed by atoms with Gasteiger partial charge in [0.1, 0.15) is 36.3 Å². The molecule has 6 aromatic rings. The van der Waals surface area contributed by atoms with E-state index in [0.29, 0.717) is 73.4 Å². The number of halogens is 1. The molecule has 14 heteroatoms. The monoisotopic (exact) mass is 1220 g/mol. The van der Waals surface area contributed by atoms with Crippen LogP contribution in [-0.2, 0) is 40.3 Å². The molecule has 4 aromatic carbocycles. The second-order valence-electron chi connectivity index (χ2n) is 26.4. The number of hydrogen-bond acceptors (Lipinski definition) is 10. The maximum Gasteiger partial charge on any atom is 0.330 e. The quantitative estimate of drug-likeness (QED) is 0.0375. The number of benzene rings is 4. The van der Waals surface area contributed by atoms with Crippen molar-refractivity contribution in [3.05, 3.63) is 180 Å². The normalized spacial score (nSPS) is 18.6. The number of ether oxygens (including phenoxy) is 4. The minimum atomic E-state index is -0.964. The molecule has 6 atom stereocenters. The lowest BCUT2D eigenvalue weighted by Gasteiger charge is -2.37. The number of carbonyl (C=O) groups is 2. The summed E-state index contributed by atoms with van der Waals surface area (Å²) < 4.78 is 30.7. The Labute approximate surface area is 520 Å². The molecule has 0 bridgehead atoms. The van der Waals surface area contributed by atoms with Gasteiger partial charge < -0.3 is 38.4 Å². The maximum atomic E-state index is 11.8. The van der Waals surface area contributed by atoms with Gasteiger partial charge in [-0.1, -0.05) is 63.9 Å². The van der Waals surface area contributed by atoms with Crippen LogP contribution >= 0.6 is 15.9 Å². The summed E-state index contributed by atoms with van der Waals surface area (Å²) >= 11 is 3.54. The van der Waals surface area contributed by atoms with E-state index in [0.717, 1.165) is 76.6 Å². The molecule has 0 amide bonds. The van der Waals surface area contributed by atoms with E-state index in [1.54, 1.807) is 35.2 Å². The van der Waals surface area contributed by atoms with E-state index in [1.165, 1.54) is 50.1 Å². The van der Waals surface area contributed by atoms with E-state index in [9.17, 15) is 14.7 Å². The first-order chi connectivity index (χ1) is 40.6. The molecule has 451 valence electrons. The van der Waals surface area contributed by atoms with Gasteiger partial charge in [0.25, 0.3) is 0 Å². The van der Waals surface area contributed by atoms with Crippen LogP contribution in [0.3, 0.4) is 0 Å². The number of nitrogens with zero attached hydrogens (tertiary/aromatic N) is 4. The van der Waals surface area contributed by atoms with E-state index in [1.807, 2.05) is 96.4 Å². The third-order valence-electron chi connectivity index (χ3n) is 17.7. The molecule has 1 N–H and O–H groups in total. The number of carbonyl (C=O) groups excluding carboxylic acids is 2. The second-order valence-corrected chi connectivity index (χ2v) is 27.2. The first-order valence-corrected chi connectivity index (χ1v) is 30.9. The van der Waals surface area contributed by atoms with Crippen LogP contribution in [0.1, 0.15) is 162 Å². The van der Waals surface area contributed by atoms with Crippen LogP contribution in [0, 0.1) is 64.5 Å². The predicted molar refractivity (Wildman–Crippen MR) is 344 cm³/mol. The zero-order valence-electron chi connectivity index (χ0n) is 52.8. The highest BCUT2D eigenvalue weighted by molar-refractivity contribution is 9.10. The molecule has 4 aliphatic carbocycles. The molecule has 0 unspecified atom stereocenters. The largest absolute Gasteiger partial charge is 0.494 e. The minimum absolute atomic E-state index is 0.202. The van der Waals surface area contributed by atoms with Crippen molar-refractivity contribution in [2.45, 2.75) is 183 Å². The van der Waals surface area contributed by atoms with E-state index >= 15 is 0 Å². The standard InChI is InChI=1S/C33H36N2O3.C24H29BNO4.C15H20BrNO/c1-20-13-26(37-12-8-11-33(4,5)34-6)14-21(2)30(20)24-10-7-9-23(15-24)19-38-29-17-25-16-27-31(22(3)36)32(27)28(25)18-35-29;1-14(27)21-18-10-16-11-20(26-12-19(16)22(18)21)29-13-15-7-6-8-17(9-15)25-30-24(4,5)23(2,3)28;1-11-9-13(10-12(2)14(11)16)18-8-6-7-15(3,4)17-5/h7,9-10,13-15,17-18,27,31-32H,8,11-12,16,19H2,1-5H3;6-9,11-12,18,21-22,28H,10,13H2,1-5H3;9-10H,6-8H2,1-4H3/t27-,31-,32+;18-,21-,22+;/m00./s1. The van der Waals surface area contributed by atoms with Gasteiger partial charge in [0, 0.05) is 81.4 Å². The number of Topliss-reactive ketones (excluding diaryl/α,β-unsaturated/α-hetero) is 2. The predicted octanol–water partition coefficient (Wildman–Crippen LogP) is 15.1. The summed E-state index contributed by atoms with van der Waals surface area (Å²) in [6.07, 6.45) is 9.15. The van der Waals surface area contributed by atoms with Crippen molar-refractivity contribution in [3.63, 3.8) is 0 Å². The fourth-order valence-electron chi connectivity index (χ4n) is 12.0. The van der Waals surface area contributed by atoms with Gasteiger partial charge >= 0.3 is 7.48 Å². The number of fused-ring (bicyclic) bond motifs is 6. The zero-order chi connectivity index (χ0) is 62.5. The lowest BCUT2D eigenvalue weighted by Crippen LogP contribution is -2.49. The maximum absolute atomic E-state index is 11.8. The molecule has 12 nitrogen and oxygen atoms in total. The fourth-order valence-corrected chi connectivity index (χ4v) is 12.2. The lowest BCUT2D eigenvalue weighted by atomic mass is 9.82. The number of ketones is 2. The number of pyridine rings is 2. The van der Waals surface area contributed by atoms with Gasteiger partial charge in [-0.05, 0) is 216 Å². The van der Waals surface area contributed by atoms with Crippen LogP contribution in [-0.4, -0.2) is 69.6 Å². The minimum Gasteiger partial charge on any atom is -0.494 e. The first-order valence-electron chi connectivity index (χ1n) is 30.2. The van der Waals surface area contributed by atoms with Crippen LogP contribution in [0.2, 0.25) is 0 Å². The topological polar surface area (TPSA) is 135 Å². The smallest absolute Gasteiger partial charge is 0.330 e. The van der Waals surface area contributed by atoms with Gasteiger partial charge in [0.2, 0.25) is 22.8 Å². The number of aromatic nitrogens is 2. The molecular weight excluding hydrogens is 1140 g/mol. The fraction of sp³-hybridized carbons (Fsp3) is 0.472. The number of aryl methyl sites for hydroxylation is 4. The molecule has 0 saturated heterocycles. The molecule has 10 rings (SSSR count). The van der Waals surface area contributed by atoms with Crippen LogP contribution in [0.4, 0.5) is 0 Å². The first kappa shape index (κ1) is 65.1. The number of rotatable bonds is 23. The summed E-state index contributed by atoms with van der Waals surface area (Å²) in [4.78, 5) is 39.7. The Kier molecular flexibility index (Phi) is 20.5. The molecule has 0 spiro atoms. The molecule has 4 aliphatic rings. The van der Waals surface area contributed by atoms with Gasteiger partial charge in [-0.25, -0.2) is 23.1 Å². The van der Waals surface area contributed by atoms with Crippen molar-refractivity contribution in [1.29, 1.82) is 0 Å². The highest BCUT2D eigenvalue weighted by atomic mass is 79.9. The summed E-state index contributed by atoms with van der Waals surface area (Å²) in [5.41, 5.74) is 12.8. The zero-order valence-corrected chi connectivity index (χ0v) is 54.4. The molecule has 2 fully saturated rings. The highest BCUT2D eigenvalue weighted by Gasteiger charge is 2.59. The summed E-state index contributed by atoms with van der Waals surface area (Å²) in [5, 5.41) is 10.2. The van der Waals surface area contributed by atoms with Crippen molar-refractivity contribution in [1.82, 2.24) is 9.97 Å². The Morgan fingerprint density at radius 1 is 0.628 bits per heavy atom. The van der Waals surface area contributed by atoms with Gasteiger partial charge in [-0.3, -0.25) is 9.59 Å². The molecule has 0 aliphatic heterocycles. The van der Waals surface area contributed by atoms with E-state index in [4.69, 9.17) is 36.7 Å². The Morgan fingerprint density at radius 2 is 1.07 bits per heavy atom. The van der Waals surface area contributed by atoms with Crippen LogP contribution < -0.4 is 24.4 Å². The van der Waals surface area contributed by atoms with Gasteiger partial charge in [-0.2, -0.15) is 0 Å². The van der Waals surface area contributed by atoms with Gasteiger partial charge in [-0.15, -0.1) is 0 Å². The molecule has 1 radical (unpaired) electrons. The van der Waals surface area contributed by atoms with Gasteiger partial charge in [0.05, 0.1) is 24.4 Å². The average molecular weight is 1230 g/mol. The van der Waals surface area contributed by atoms with Crippen LogP contribution in [0.5, 0.6) is 23.3 Å². The number of aliphatic hydroxyl groups is 1. The SMILES string of the molecule is CC(=O)[C@H]1[C@@H]2Cc3cc(OCc4cccc([B]OC(C)(C)C(C)(C)O)c4)ncc3[C@@H]21.[C-]#[N+]C(C)(C)CCCOc1cc(C)c(-c2cccc(COc3cc4c(cn3)[C@H]3[C@@H](C4)[C@@H]3C(C)=O)c2)c(C)c1.[C-]#[N+]C(C)(C)CCCOc1cc(C)c(Br)c(C)c1. The molecule has 2 heterocycles. The highest BCUT2D eigenvalue weighted by Crippen LogP contribution is 2.62. The second kappa shape index (κ2) is 27.1. The summed E-state index contributed by atoms with van der Waals surface area (Å²) in [7, 11) is 1.67. The Balaban J connectivity index is 0.000000179. The Hall–Kier alpha value is -6.84. The van der Waals surface area contributed by atoms with Crippen molar-refractivity contribution in [3.8, 4) is 34.4 Å². The van der Waals surface area contributed by atoms with Gasteiger partial charge in [0.15, 0.2) is 0 Å². The van der Waals surface area contributed by atoms with E-state index in [-0.39, 0.29) is 22.9 Å². The summed E-state index contributed by atoms with van der Waals surface area (Å²) in [6, 6.07) is 28.7. The Morgan fingerprint density at radius 3 is 1.51 bits per heavy atom. The molecule has 2 aromatic heterocycles. The van der Waals surface area contributed by atoms with E-state index in [2.05, 4.69) is 106 Å². The molecular formula is C72H85BBrN4O8. The van der Waals surface area contributed by atoms with Crippen molar-refractivity contribution in [2.75, 3.05) is 13.2 Å². The van der Waals surface area contributed by atoms with E-state index < -0.39 is 11.2 Å². The Bertz CT molecular complexity index is 3490. The van der Waals surface area contributed by atoms with Crippen molar-refractivity contribution in [2.24, 2.45) is 23.7 Å². The summed E-state index contributed by atoms with van der Waals surface area (Å²) in [5.74, 6) is 5.73. The average Bonchev–Trinajstić information content (AvgIpc) is 1.57. The van der Waals surface area contributed by atoms with Crippen LogP contribution in [0.15, 0.2) is 102 Å². The van der Waals surface area contributed by atoms with Crippen molar-refractivity contribution < 1.29 is 38.3 Å². The van der Waals surface area contributed by atoms with Crippen LogP contribution in [0.25, 0.3) is 20.8 Å². The third kappa shape index (κ3) is 16.2.